The van der Waals surface area contributed by atoms with E-state index < -0.39 is 0 Å². The Morgan fingerprint density at radius 3 is 2.70 bits per heavy atom. The molecule has 1 unspecified atom stereocenters. The molecule has 1 aromatic heterocycles. The second kappa shape index (κ2) is 11.4. The molecular formula is C24H28N4O4S. The lowest BCUT2D eigenvalue weighted by atomic mass is 10.2. The molecule has 2 aromatic carbocycles. The lowest BCUT2D eigenvalue weighted by Crippen LogP contribution is -2.16. The molecule has 0 spiro atoms. The van der Waals surface area contributed by atoms with Gasteiger partial charge in [0.1, 0.15) is 17.2 Å². The number of carbonyl (C=O) groups is 1. The number of nitrogens with one attached hydrogen (secondary N) is 1. The summed E-state index contributed by atoms with van der Waals surface area (Å²) in [6.45, 7) is 8.17. The van der Waals surface area contributed by atoms with Crippen LogP contribution in [-0.2, 0) is 11.3 Å². The van der Waals surface area contributed by atoms with Crippen LogP contribution in [0.1, 0.15) is 24.4 Å². The van der Waals surface area contributed by atoms with Crippen molar-refractivity contribution in [3.8, 4) is 17.2 Å². The number of carbonyl (C=O) groups excluding carboxylic acids is 1. The maximum Gasteiger partial charge on any atom is 0.234 e. The lowest BCUT2D eigenvalue weighted by molar-refractivity contribution is -0.113. The van der Waals surface area contributed by atoms with Crippen molar-refractivity contribution in [2.24, 2.45) is 0 Å². The van der Waals surface area contributed by atoms with Crippen LogP contribution in [0.4, 0.5) is 5.69 Å². The van der Waals surface area contributed by atoms with Gasteiger partial charge in [0.2, 0.25) is 5.91 Å². The van der Waals surface area contributed by atoms with Crippen molar-refractivity contribution in [2.45, 2.75) is 31.7 Å². The Morgan fingerprint density at radius 1 is 1.18 bits per heavy atom. The van der Waals surface area contributed by atoms with E-state index in [-0.39, 0.29) is 17.8 Å². The first-order valence-corrected chi connectivity index (χ1v) is 11.4. The van der Waals surface area contributed by atoms with Crippen molar-refractivity contribution >= 4 is 23.4 Å². The normalized spacial score (nSPS) is 11.5. The third kappa shape index (κ3) is 6.29. The number of rotatable bonds is 11. The van der Waals surface area contributed by atoms with Gasteiger partial charge in [-0.2, -0.15) is 0 Å². The summed E-state index contributed by atoms with van der Waals surface area (Å²) in [6, 6.07) is 13.0. The van der Waals surface area contributed by atoms with E-state index in [1.54, 1.807) is 20.3 Å². The molecule has 3 rings (SSSR count). The number of benzene rings is 2. The first-order valence-electron chi connectivity index (χ1n) is 10.4. The number of hydrogen-bond donors (Lipinski definition) is 1. The zero-order valence-corrected chi connectivity index (χ0v) is 20.0. The molecule has 0 bridgehead atoms. The molecule has 1 heterocycles. The fourth-order valence-electron chi connectivity index (χ4n) is 3.18. The summed E-state index contributed by atoms with van der Waals surface area (Å²) in [6.07, 6.45) is 1.39. The number of ether oxygens (including phenoxy) is 3. The van der Waals surface area contributed by atoms with E-state index in [4.69, 9.17) is 14.2 Å². The van der Waals surface area contributed by atoms with E-state index in [1.165, 1.54) is 11.8 Å². The van der Waals surface area contributed by atoms with E-state index >= 15 is 0 Å². The highest BCUT2D eigenvalue weighted by molar-refractivity contribution is 7.99. The summed E-state index contributed by atoms with van der Waals surface area (Å²) >= 11 is 1.30. The molecule has 1 N–H and O–H groups in total. The summed E-state index contributed by atoms with van der Waals surface area (Å²) in [5, 5.41) is 12.1. The predicted molar refractivity (Wildman–Crippen MR) is 129 cm³/mol. The molecule has 0 aliphatic rings. The van der Waals surface area contributed by atoms with E-state index in [0.29, 0.717) is 40.5 Å². The van der Waals surface area contributed by atoms with Crippen molar-refractivity contribution in [3.05, 3.63) is 66.5 Å². The highest BCUT2D eigenvalue weighted by Gasteiger charge is 2.20. The molecule has 3 aromatic rings. The Kier molecular flexibility index (Phi) is 8.37. The molecule has 0 saturated heterocycles. The number of hydrogen-bond acceptors (Lipinski definition) is 7. The van der Waals surface area contributed by atoms with Crippen LogP contribution in [0.2, 0.25) is 0 Å². The van der Waals surface area contributed by atoms with Gasteiger partial charge >= 0.3 is 0 Å². The summed E-state index contributed by atoms with van der Waals surface area (Å²) < 4.78 is 18.5. The van der Waals surface area contributed by atoms with E-state index in [1.807, 2.05) is 60.9 Å². The van der Waals surface area contributed by atoms with Crippen LogP contribution in [0.15, 0.2) is 60.3 Å². The number of methoxy groups -OCH3 is 2. The zero-order chi connectivity index (χ0) is 23.8. The maximum absolute atomic E-state index is 12.6. The number of aryl methyl sites for hydroxylation is 1. The van der Waals surface area contributed by atoms with Crippen molar-refractivity contribution < 1.29 is 19.0 Å². The maximum atomic E-state index is 12.6. The van der Waals surface area contributed by atoms with Crippen LogP contribution < -0.4 is 19.5 Å². The van der Waals surface area contributed by atoms with Gasteiger partial charge in [-0.05, 0) is 43.7 Å². The monoisotopic (exact) mass is 468 g/mol. The molecule has 1 amide bonds. The second-order valence-corrected chi connectivity index (χ2v) is 8.16. The fourth-order valence-corrected chi connectivity index (χ4v) is 3.93. The second-order valence-electron chi connectivity index (χ2n) is 7.22. The zero-order valence-electron chi connectivity index (χ0n) is 19.2. The molecule has 9 heteroatoms. The average Bonchev–Trinajstić information content (AvgIpc) is 3.21. The first kappa shape index (κ1) is 24.2. The molecule has 8 nitrogen and oxygen atoms in total. The Balaban J connectivity index is 1.69. The highest BCUT2D eigenvalue weighted by atomic mass is 32.2. The van der Waals surface area contributed by atoms with E-state index in [9.17, 15) is 4.79 Å². The minimum Gasteiger partial charge on any atom is -0.497 e. The quantitative estimate of drug-likeness (QED) is 0.323. The summed E-state index contributed by atoms with van der Waals surface area (Å²) in [5.74, 6) is 2.62. The summed E-state index contributed by atoms with van der Waals surface area (Å²) in [7, 11) is 3.18. The summed E-state index contributed by atoms with van der Waals surface area (Å²) in [5.41, 5.74) is 1.66. The molecule has 0 saturated carbocycles. The van der Waals surface area contributed by atoms with Crippen molar-refractivity contribution in [2.75, 3.05) is 25.3 Å². The standard InChI is InChI=1S/C24H28N4O4S/c1-6-12-28-23(17(3)32-19-9-7-8-18(14-19)30-4)26-27-24(28)33-15-22(29)25-20-13-16(2)10-11-21(20)31-5/h6-11,13-14,17H,1,12,15H2,2-5H3,(H,25,29). The fraction of sp³-hybridized carbons (Fsp3) is 0.292. The number of thioether (sulfide) groups is 1. The predicted octanol–water partition coefficient (Wildman–Crippen LogP) is 4.66. The SMILES string of the molecule is C=CCn1c(SCC(=O)Nc2cc(C)ccc2OC)nnc1C(C)Oc1cccc(OC)c1. The van der Waals surface area contributed by atoms with E-state index in [2.05, 4.69) is 22.1 Å². The highest BCUT2D eigenvalue weighted by Crippen LogP contribution is 2.28. The van der Waals surface area contributed by atoms with Gasteiger partial charge in [-0.15, -0.1) is 16.8 Å². The minimum absolute atomic E-state index is 0.164. The molecule has 174 valence electrons. The van der Waals surface area contributed by atoms with Crippen LogP contribution in [0, 0.1) is 6.92 Å². The number of amides is 1. The van der Waals surface area contributed by atoms with Gasteiger partial charge < -0.3 is 19.5 Å². The molecule has 0 radical (unpaired) electrons. The Hall–Kier alpha value is -3.46. The van der Waals surface area contributed by atoms with Gasteiger partial charge in [0.15, 0.2) is 17.1 Å². The molecule has 0 fully saturated rings. The van der Waals surface area contributed by atoms with Crippen LogP contribution in [0.25, 0.3) is 0 Å². The third-order valence-corrected chi connectivity index (χ3v) is 5.70. The minimum atomic E-state index is -0.371. The molecule has 33 heavy (non-hydrogen) atoms. The smallest absolute Gasteiger partial charge is 0.234 e. The lowest BCUT2D eigenvalue weighted by Gasteiger charge is -2.16. The van der Waals surface area contributed by atoms with Crippen LogP contribution >= 0.6 is 11.8 Å². The van der Waals surface area contributed by atoms with Gasteiger partial charge in [0.25, 0.3) is 0 Å². The first-order chi connectivity index (χ1) is 15.9. The van der Waals surface area contributed by atoms with Crippen molar-refractivity contribution in [3.63, 3.8) is 0 Å². The van der Waals surface area contributed by atoms with E-state index in [0.717, 1.165) is 5.56 Å². The summed E-state index contributed by atoms with van der Waals surface area (Å²) in [4.78, 5) is 12.6. The van der Waals surface area contributed by atoms with Crippen molar-refractivity contribution in [1.82, 2.24) is 14.8 Å². The largest absolute Gasteiger partial charge is 0.497 e. The molecule has 0 aliphatic carbocycles. The van der Waals surface area contributed by atoms with Gasteiger partial charge in [-0.1, -0.05) is 30.0 Å². The molecular weight excluding hydrogens is 440 g/mol. The molecule has 0 aliphatic heterocycles. The average molecular weight is 469 g/mol. The number of nitrogens with zero attached hydrogens (tertiary/aromatic N) is 3. The third-order valence-electron chi connectivity index (χ3n) is 4.74. The van der Waals surface area contributed by atoms with Crippen LogP contribution in [0.5, 0.6) is 17.2 Å². The van der Waals surface area contributed by atoms with Gasteiger partial charge in [0, 0.05) is 12.6 Å². The van der Waals surface area contributed by atoms with Crippen LogP contribution in [0.3, 0.4) is 0 Å². The topological polar surface area (TPSA) is 87.5 Å². The van der Waals surface area contributed by atoms with Crippen molar-refractivity contribution in [1.29, 1.82) is 0 Å². The van der Waals surface area contributed by atoms with Gasteiger partial charge in [-0.25, -0.2) is 0 Å². The van der Waals surface area contributed by atoms with Gasteiger partial charge in [0.05, 0.1) is 25.7 Å². The van der Waals surface area contributed by atoms with Crippen LogP contribution in [-0.4, -0.2) is 40.6 Å². The Labute approximate surface area is 198 Å². The Bertz CT molecular complexity index is 1120. The number of anilines is 1. The van der Waals surface area contributed by atoms with Gasteiger partial charge in [-0.3, -0.25) is 9.36 Å². The molecule has 1 atom stereocenters. The Morgan fingerprint density at radius 2 is 1.97 bits per heavy atom. The number of allylic oxidation sites excluding steroid dienone is 1. The number of aromatic nitrogens is 3.